The number of carbonyl (C=O) groups is 2. The van der Waals surface area contributed by atoms with Crippen LogP contribution < -0.4 is 9.47 Å². The van der Waals surface area contributed by atoms with E-state index in [-0.39, 0.29) is 23.7 Å². The van der Waals surface area contributed by atoms with Crippen LogP contribution in [0.15, 0.2) is 23.0 Å². The number of carboxylic acid groups (broad SMARTS) is 1. The molecule has 1 aromatic carbocycles. The molecule has 10 nitrogen and oxygen atoms in total. The Morgan fingerprint density at radius 1 is 1.38 bits per heavy atom. The fourth-order valence-corrected chi connectivity index (χ4v) is 2.63. The topological polar surface area (TPSA) is 132 Å². The van der Waals surface area contributed by atoms with Gasteiger partial charge < -0.3 is 19.5 Å². The average molecular weight is 381 g/mol. The van der Waals surface area contributed by atoms with E-state index in [0.29, 0.717) is 5.69 Å². The molecule has 0 saturated heterocycles. The van der Waals surface area contributed by atoms with E-state index in [1.807, 2.05) is 0 Å². The summed E-state index contributed by atoms with van der Waals surface area (Å²) in [5.74, 6) is -1.87. The van der Waals surface area contributed by atoms with Gasteiger partial charge >= 0.3 is 5.97 Å². The van der Waals surface area contributed by atoms with Crippen molar-refractivity contribution in [2.24, 2.45) is 0 Å². The second kappa shape index (κ2) is 8.25. The van der Waals surface area contributed by atoms with Crippen molar-refractivity contribution in [2.45, 2.75) is 6.61 Å². The summed E-state index contributed by atoms with van der Waals surface area (Å²) in [4.78, 5) is 38.7. The van der Waals surface area contributed by atoms with Gasteiger partial charge in [-0.3, -0.25) is 19.7 Å². The number of aliphatic carboxylic acids is 1. The Labute approximate surface area is 151 Å². The fraction of sp³-hybridized carbons (Fsp3) is 0.267. The monoisotopic (exact) mass is 381 g/mol. The van der Waals surface area contributed by atoms with Crippen molar-refractivity contribution in [3.63, 3.8) is 0 Å². The van der Waals surface area contributed by atoms with Gasteiger partial charge in [0.15, 0.2) is 11.5 Å². The molecule has 0 radical (unpaired) electrons. The number of rotatable bonds is 8. The highest BCUT2D eigenvalue weighted by Gasteiger charge is 2.27. The van der Waals surface area contributed by atoms with Crippen molar-refractivity contribution in [3.8, 4) is 11.5 Å². The first-order valence-corrected chi connectivity index (χ1v) is 8.11. The number of likely N-dealkylation sites (N-methyl/N-ethyl adjacent to an activating group) is 1. The summed E-state index contributed by atoms with van der Waals surface area (Å²) in [5.41, 5.74) is 1.46. The van der Waals surface area contributed by atoms with Crippen LogP contribution in [0.5, 0.6) is 11.5 Å². The molecule has 0 spiro atoms. The second-order valence-electron chi connectivity index (χ2n) is 5.10. The number of ether oxygens (including phenoxy) is 2. The molecule has 1 N–H and O–H groups in total. The molecule has 0 atom stereocenters. The first kappa shape index (κ1) is 19.1. The van der Waals surface area contributed by atoms with Gasteiger partial charge in [0.1, 0.15) is 18.7 Å². The van der Waals surface area contributed by atoms with Crippen LogP contribution in [-0.2, 0) is 11.4 Å². The number of nitrogens with zero attached hydrogens (tertiary/aromatic N) is 3. The lowest BCUT2D eigenvalue weighted by atomic mass is 10.1. The van der Waals surface area contributed by atoms with E-state index >= 15 is 0 Å². The zero-order valence-corrected chi connectivity index (χ0v) is 14.7. The fourth-order valence-electron chi connectivity index (χ4n) is 2.08. The zero-order valence-electron chi connectivity index (χ0n) is 13.9. The number of nitro benzene ring substituents is 1. The maximum Gasteiger partial charge on any atom is 0.323 e. The van der Waals surface area contributed by atoms with E-state index in [2.05, 4.69) is 4.98 Å². The van der Waals surface area contributed by atoms with Crippen LogP contribution in [0.25, 0.3) is 0 Å². The molecule has 0 fully saturated rings. The SMILES string of the molecule is COc1cc(C(=O)N(C)CC(=O)O)c([N+](=O)[O-])cc1OCc1cscn1. The van der Waals surface area contributed by atoms with Gasteiger partial charge in [-0.2, -0.15) is 0 Å². The quantitative estimate of drug-likeness (QED) is 0.541. The summed E-state index contributed by atoms with van der Waals surface area (Å²) >= 11 is 1.38. The van der Waals surface area contributed by atoms with Gasteiger partial charge in [-0.05, 0) is 0 Å². The molecular weight excluding hydrogens is 366 g/mol. The number of methoxy groups -OCH3 is 1. The molecule has 138 valence electrons. The van der Waals surface area contributed by atoms with Crippen LogP contribution in [0.3, 0.4) is 0 Å². The Kier molecular flexibility index (Phi) is 6.07. The third-order valence-corrected chi connectivity index (χ3v) is 3.92. The number of carboxylic acids is 1. The predicted molar refractivity (Wildman–Crippen MR) is 90.7 cm³/mol. The maximum atomic E-state index is 12.4. The normalized spacial score (nSPS) is 10.2. The number of thiazole rings is 1. The van der Waals surface area contributed by atoms with Crippen molar-refractivity contribution < 1.29 is 29.1 Å². The lowest BCUT2D eigenvalue weighted by molar-refractivity contribution is -0.385. The highest BCUT2D eigenvalue weighted by Crippen LogP contribution is 2.35. The minimum absolute atomic E-state index is 0.0726. The van der Waals surface area contributed by atoms with Gasteiger partial charge in [-0.1, -0.05) is 0 Å². The highest BCUT2D eigenvalue weighted by molar-refractivity contribution is 7.07. The summed E-state index contributed by atoms with van der Waals surface area (Å²) in [6.45, 7) is -0.524. The molecule has 0 aliphatic rings. The third kappa shape index (κ3) is 4.45. The van der Waals surface area contributed by atoms with Crippen LogP contribution in [0, 0.1) is 10.1 Å². The molecular formula is C15H15N3O7S. The Balaban J connectivity index is 2.37. The Morgan fingerprint density at radius 2 is 2.12 bits per heavy atom. The van der Waals surface area contributed by atoms with Gasteiger partial charge in [0.2, 0.25) is 0 Å². The number of benzene rings is 1. The Hall–Kier alpha value is -3.21. The molecule has 2 rings (SSSR count). The van der Waals surface area contributed by atoms with Crippen LogP contribution in [0.1, 0.15) is 16.1 Å². The molecule has 1 amide bonds. The summed E-state index contributed by atoms with van der Waals surface area (Å²) in [5, 5.41) is 21.9. The highest BCUT2D eigenvalue weighted by atomic mass is 32.1. The summed E-state index contributed by atoms with van der Waals surface area (Å²) in [6, 6.07) is 2.24. The maximum absolute atomic E-state index is 12.4. The number of carbonyl (C=O) groups excluding carboxylic acids is 1. The summed E-state index contributed by atoms with van der Waals surface area (Å²) in [7, 11) is 2.56. The molecule has 1 aromatic heterocycles. The molecule has 0 unspecified atom stereocenters. The largest absolute Gasteiger partial charge is 0.493 e. The number of nitro groups is 1. The number of amides is 1. The standard InChI is InChI=1S/C15H15N3O7S/c1-17(5-14(19)20)15(21)10-3-12(24-2)13(4-11(10)18(22)23)25-6-9-7-26-8-16-9/h3-4,7-8H,5-6H2,1-2H3,(H,19,20). The minimum atomic E-state index is -1.24. The van der Waals surface area contributed by atoms with E-state index in [0.717, 1.165) is 17.0 Å². The zero-order chi connectivity index (χ0) is 19.3. The molecule has 11 heteroatoms. The minimum Gasteiger partial charge on any atom is -0.493 e. The average Bonchev–Trinajstić information content (AvgIpc) is 3.11. The molecule has 26 heavy (non-hydrogen) atoms. The van der Waals surface area contributed by atoms with E-state index in [1.54, 1.807) is 10.9 Å². The van der Waals surface area contributed by atoms with Crippen LogP contribution in [0.4, 0.5) is 5.69 Å². The molecule has 0 saturated carbocycles. The van der Waals surface area contributed by atoms with Crippen molar-refractivity contribution in [2.75, 3.05) is 20.7 Å². The molecule has 0 bridgehead atoms. The molecule has 0 aliphatic heterocycles. The van der Waals surface area contributed by atoms with Gasteiger partial charge in [0.05, 0.1) is 29.3 Å². The second-order valence-corrected chi connectivity index (χ2v) is 5.82. The molecule has 1 heterocycles. The number of hydrogen-bond acceptors (Lipinski definition) is 8. The van der Waals surface area contributed by atoms with Gasteiger partial charge in [0.25, 0.3) is 11.6 Å². The van der Waals surface area contributed by atoms with Crippen LogP contribution in [-0.4, -0.2) is 52.5 Å². The number of hydrogen-bond donors (Lipinski definition) is 1. The lowest BCUT2D eigenvalue weighted by Crippen LogP contribution is -2.32. The van der Waals surface area contributed by atoms with Crippen molar-refractivity contribution in [1.82, 2.24) is 9.88 Å². The first-order valence-electron chi connectivity index (χ1n) is 7.17. The van der Waals surface area contributed by atoms with E-state index < -0.39 is 29.0 Å². The number of aromatic nitrogens is 1. The Morgan fingerprint density at radius 3 is 2.65 bits per heavy atom. The van der Waals surface area contributed by atoms with E-state index in [9.17, 15) is 19.7 Å². The summed E-state index contributed by atoms with van der Waals surface area (Å²) < 4.78 is 10.7. The molecule has 2 aromatic rings. The van der Waals surface area contributed by atoms with E-state index in [4.69, 9.17) is 14.6 Å². The van der Waals surface area contributed by atoms with E-state index in [1.165, 1.54) is 25.5 Å². The predicted octanol–water partition coefficient (Wildman–Crippen LogP) is 1.80. The van der Waals surface area contributed by atoms with Crippen molar-refractivity contribution in [1.29, 1.82) is 0 Å². The van der Waals surface area contributed by atoms with Gasteiger partial charge in [-0.25, -0.2) is 4.98 Å². The van der Waals surface area contributed by atoms with Crippen LogP contribution in [0.2, 0.25) is 0 Å². The van der Waals surface area contributed by atoms with Gasteiger partial charge in [-0.15, -0.1) is 11.3 Å². The third-order valence-electron chi connectivity index (χ3n) is 3.29. The first-order chi connectivity index (χ1) is 12.3. The van der Waals surface area contributed by atoms with Gasteiger partial charge in [0, 0.05) is 18.5 Å². The summed E-state index contributed by atoms with van der Waals surface area (Å²) in [6.07, 6.45) is 0. The van der Waals surface area contributed by atoms with Crippen LogP contribution >= 0.6 is 11.3 Å². The Bertz CT molecular complexity index is 823. The lowest BCUT2D eigenvalue weighted by Gasteiger charge is -2.16. The van der Waals surface area contributed by atoms with Crippen molar-refractivity contribution in [3.05, 3.63) is 44.4 Å². The smallest absolute Gasteiger partial charge is 0.323 e. The molecule has 0 aliphatic carbocycles. The van der Waals surface area contributed by atoms with Crippen molar-refractivity contribution >= 4 is 28.9 Å².